The van der Waals surface area contributed by atoms with E-state index in [-0.39, 0.29) is 29.5 Å². The van der Waals surface area contributed by atoms with Gasteiger partial charge in [0.15, 0.2) is 0 Å². The fraction of sp³-hybridized carbons (Fsp3) is 0.115. The maximum Gasteiger partial charge on any atom is 0.270 e. The van der Waals surface area contributed by atoms with Crippen LogP contribution in [0.5, 0.6) is 0 Å². The Morgan fingerprint density at radius 1 is 1.06 bits per heavy atom. The van der Waals surface area contributed by atoms with Crippen LogP contribution in [0, 0.1) is 24.0 Å². The van der Waals surface area contributed by atoms with Crippen molar-refractivity contribution in [2.45, 2.75) is 13.8 Å². The number of fused-ring (bicyclic) bond motifs is 1. The quantitative estimate of drug-likeness (QED) is 0.173. The van der Waals surface area contributed by atoms with Gasteiger partial charge in [0.2, 0.25) is 5.78 Å². The van der Waals surface area contributed by atoms with Crippen LogP contribution in [0.3, 0.4) is 0 Å². The lowest BCUT2D eigenvalue weighted by Crippen LogP contribution is -2.26. The number of carbonyl (C=O) groups excluding carboxylic acids is 2. The topological polar surface area (TPSA) is 118 Å². The van der Waals surface area contributed by atoms with Crippen molar-refractivity contribution in [3.63, 3.8) is 0 Å². The summed E-state index contributed by atoms with van der Waals surface area (Å²) in [6, 6.07) is 18.7. The highest BCUT2D eigenvalue weighted by Crippen LogP contribution is 2.25. The van der Waals surface area contributed by atoms with E-state index in [1.807, 2.05) is 43.3 Å². The Labute approximate surface area is 201 Å². The summed E-state index contributed by atoms with van der Waals surface area (Å²) in [5.41, 5.74) is 6.84. The average Bonchev–Trinajstić information content (AvgIpc) is 3.14. The number of nitrogens with zero attached hydrogens (tertiary/aromatic N) is 3. The van der Waals surface area contributed by atoms with Crippen LogP contribution in [-0.2, 0) is 4.79 Å². The number of non-ortho nitro benzene ring substituents is 1. The summed E-state index contributed by atoms with van der Waals surface area (Å²) < 4.78 is 1.72. The smallest absolute Gasteiger partial charge is 0.270 e. The predicted octanol–water partition coefficient (Wildman–Crippen LogP) is 4.26. The number of carbonyl (C=O) groups is 2. The van der Waals surface area contributed by atoms with E-state index in [1.165, 1.54) is 24.4 Å². The number of anilines is 1. The number of hydrogen-bond donors (Lipinski definition) is 2. The van der Waals surface area contributed by atoms with E-state index in [2.05, 4.69) is 15.8 Å². The first-order chi connectivity index (χ1) is 16.9. The van der Waals surface area contributed by atoms with Gasteiger partial charge < -0.3 is 9.72 Å². The Balaban J connectivity index is 1.57. The molecule has 2 heterocycles. The van der Waals surface area contributed by atoms with Crippen molar-refractivity contribution in [1.82, 2.24) is 9.83 Å². The Kier molecular flexibility index (Phi) is 6.68. The molecule has 0 saturated heterocycles. The van der Waals surface area contributed by atoms with Gasteiger partial charge >= 0.3 is 0 Å². The number of amides is 1. The standard InChI is InChI=1S/C26H23N5O4/c1-17-8-3-4-11-22(17)27-16-24(32)29-28-15-21-18(2)25(30-13-6-5-12-23(21)30)26(33)19-9-7-10-20(14-19)31(34)35/h3-15,27H,16H2,1-2H3,(H,29,32)/b28-15+. The molecule has 9 nitrogen and oxygen atoms in total. The number of ketones is 1. The van der Waals surface area contributed by atoms with Gasteiger partial charge in [-0.05, 0) is 43.2 Å². The first kappa shape index (κ1) is 23.4. The fourth-order valence-corrected chi connectivity index (χ4v) is 3.85. The zero-order chi connectivity index (χ0) is 24.9. The van der Waals surface area contributed by atoms with E-state index in [4.69, 9.17) is 0 Å². The molecule has 2 aromatic carbocycles. The molecule has 0 bridgehead atoms. The highest BCUT2D eigenvalue weighted by Gasteiger charge is 2.22. The SMILES string of the molecule is Cc1ccccc1NCC(=O)N/N=C/c1c(C)c(C(=O)c2cccc([N+](=O)[O-])c2)n2ccccc12. The summed E-state index contributed by atoms with van der Waals surface area (Å²) in [4.78, 5) is 36.2. The van der Waals surface area contributed by atoms with Crippen LogP contribution < -0.4 is 10.7 Å². The summed E-state index contributed by atoms with van der Waals surface area (Å²) in [6.07, 6.45) is 3.25. The second-order valence-corrected chi connectivity index (χ2v) is 7.94. The van der Waals surface area contributed by atoms with E-state index in [0.717, 1.165) is 16.8 Å². The van der Waals surface area contributed by atoms with Gasteiger partial charge in [0.05, 0.1) is 28.9 Å². The summed E-state index contributed by atoms with van der Waals surface area (Å²) in [7, 11) is 0. The van der Waals surface area contributed by atoms with E-state index in [0.29, 0.717) is 16.8 Å². The Bertz CT molecular complexity index is 1470. The van der Waals surface area contributed by atoms with E-state index >= 15 is 0 Å². The number of benzene rings is 2. The molecule has 0 aliphatic carbocycles. The molecule has 1 amide bonds. The van der Waals surface area contributed by atoms with Crippen molar-refractivity contribution in [3.05, 3.63) is 111 Å². The van der Waals surface area contributed by atoms with Gasteiger partial charge in [-0.3, -0.25) is 19.7 Å². The maximum atomic E-state index is 13.3. The third kappa shape index (κ3) is 4.93. The lowest BCUT2D eigenvalue weighted by molar-refractivity contribution is -0.384. The molecule has 0 fully saturated rings. The third-order valence-corrected chi connectivity index (χ3v) is 5.64. The minimum Gasteiger partial charge on any atom is -0.376 e. The van der Waals surface area contributed by atoms with Crippen LogP contribution >= 0.6 is 0 Å². The first-order valence-electron chi connectivity index (χ1n) is 10.9. The van der Waals surface area contributed by atoms with Gasteiger partial charge in [0.25, 0.3) is 11.6 Å². The Morgan fingerprint density at radius 2 is 1.83 bits per heavy atom. The normalized spacial score (nSPS) is 11.0. The molecular formula is C26H23N5O4. The van der Waals surface area contributed by atoms with Gasteiger partial charge in [-0.25, -0.2) is 5.43 Å². The number of nitrogens with one attached hydrogen (secondary N) is 2. The monoisotopic (exact) mass is 469 g/mol. The molecule has 0 aliphatic heterocycles. The molecule has 0 radical (unpaired) electrons. The number of hydrogen-bond acceptors (Lipinski definition) is 6. The minimum absolute atomic E-state index is 0.0498. The summed E-state index contributed by atoms with van der Waals surface area (Å²) in [5, 5.41) is 18.3. The minimum atomic E-state index is -0.533. The predicted molar refractivity (Wildman–Crippen MR) is 134 cm³/mol. The molecule has 2 aromatic heterocycles. The van der Waals surface area contributed by atoms with Crippen LogP contribution in [-0.4, -0.2) is 33.8 Å². The number of aryl methyl sites for hydroxylation is 1. The van der Waals surface area contributed by atoms with E-state index < -0.39 is 4.92 Å². The van der Waals surface area contributed by atoms with Crippen molar-refractivity contribution in [1.29, 1.82) is 0 Å². The number of para-hydroxylation sites is 1. The van der Waals surface area contributed by atoms with E-state index in [1.54, 1.807) is 29.7 Å². The van der Waals surface area contributed by atoms with Crippen molar-refractivity contribution in [2.24, 2.45) is 5.10 Å². The summed E-state index contributed by atoms with van der Waals surface area (Å²) in [6.45, 7) is 3.78. The molecular weight excluding hydrogens is 446 g/mol. The molecule has 4 rings (SSSR count). The number of pyridine rings is 1. The van der Waals surface area contributed by atoms with Crippen LogP contribution in [0.1, 0.15) is 32.7 Å². The van der Waals surface area contributed by atoms with Gasteiger partial charge in [0.1, 0.15) is 0 Å². The average molecular weight is 470 g/mol. The van der Waals surface area contributed by atoms with E-state index in [9.17, 15) is 19.7 Å². The summed E-state index contributed by atoms with van der Waals surface area (Å²) in [5.74, 6) is -0.669. The number of nitro groups is 1. The molecule has 0 unspecified atom stereocenters. The highest BCUT2D eigenvalue weighted by atomic mass is 16.6. The van der Waals surface area contributed by atoms with Gasteiger partial charge in [0, 0.05) is 35.1 Å². The number of nitro benzene ring substituents is 1. The second kappa shape index (κ2) is 10.0. The molecule has 0 spiro atoms. The van der Waals surface area contributed by atoms with Gasteiger partial charge in [-0.2, -0.15) is 5.10 Å². The highest BCUT2D eigenvalue weighted by molar-refractivity contribution is 6.12. The zero-order valence-corrected chi connectivity index (χ0v) is 19.2. The first-order valence-corrected chi connectivity index (χ1v) is 10.9. The summed E-state index contributed by atoms with van der Waals surface area (Å²) >= 11 is 0. The largest absolute Gasteiger partial charge is 0.376 e. The van der Waals surface area contributed by atoms with Crippen molar-refractivity contribution < 1.29 is 14.5 Å². The zero-order valence-electron chi connectivity index (χ0n) is 19.2. The second-order valence-electron chi connectivity index (χ2n) is 7.94. The van der Waals surface area contributed by atoms with Gasteiger partial charge in [-0.15, -0.1) is 0 Å². The van der Waals surface area contributed by atoms with Crippen LogP contribution in [0.15, 0.2) is 78.0 Å². The fourth-order valence-electron chi connectivity index (χ4n) is 3.85. The van der Waals surface area contributed by atoms with Crippen molar-refractivity contribution in [3.8, 4) is 0 Å². The van der Waals surface area contributed by atoms with Crippen LogP contribution in [0.4, 0.5) is 11.4 Å². The number of aromatic nitrogens is 1. The lowest BCUT2D eigenvalue weighted by atomic mass is 10.0. The molecule has 0 atom stereocenters. The Hall–Kier alpha value is -4.79. The van der Waals surface area contributed by atoms with Gasteiger partial charge in [-0.1, -0.05) is 36.4 Å². The number of hydrazone groups is 1. The van der Waals surface area contributed by atoms with Crippen LogP contribution in [0.2, 0.25) is 0 Å². The maximum absolute atomic E-state index is 13.3. The third-order valence-electron chi connectivity index (χ3n) is 5.64. The number of rotatable bonds is 8. The molecule has 0 saturated carbocycles. The molecule has 2 N–H and O–H groups in total. The van der Waals surface area contributed by atoms with Crippen molar-refractivity contribution >= 4 is 34.8 Å². The van der Waals surface area contributed by atoms with Crippen LogP contribution in [0.25, 0.3) is 5.52 Å². The molecule has 4 aromatic rings. The molecule has 0 aliphatic rings. The Morgan fingerprint density at radius 3 is 2.60 bits per heavy atom. The molecule has 9 heteroatoms. The molecule has 176 valence electrons. The van der Waals surface area contributed by atoms with Crippen molar-refractivity contribution in [2.75, 3.05) is 11.9 Å². The molecule has 35 heavy (non-hydrogen) atoms. The lowest BCUT2D eigenvalue weighted by Gasteiger charge is -2.07.